The van der Waals surface area contributed by atoms with E-state index in [4.69, 9.17) is 4.74 Å². The van der Waals surface area contributed by atoms with Crippen molar-refractivity contribution in [3.05, 3.63) is 33.4 Å². The molecule has 1 amide bonds. The second kappa shape index (κ2) is 6.20. The maximum Gasteiger partial charge on any atom is 0.254 e. The Bertz CT molecular complexity index is 368. The van der Waals surface area contributed by atoms with Gasteiger partial charge in [0.15, 0.2) is 0 Å². The molecule has 0 spiro atoms. The molecule has 0 saturated carbocycles. The Balaban J connectivity index is 2.82. The third kappa shape index (κ3) is 3.18. The predicted octanol–water partition coefficient (Wildman–Crippen LogP) is 2.40. The number of methoxy groups -OCH3 is 1. The van der Waals surface area contributed by atoms with Crippen LogP contribution < -0.4 is 0 Å². The minimum atomic E-state index is 0.0366. The molecule has 0 aliphatic rings. The molecule has 1 rings (SSSR count). The van der Waals surface area contributed by atoms with E-state index in [1.807, 2.05) is 31.2 Å². The highest BCUT2D eigenvalue weighted by molar-refractivity contribution is 14.1. The Labute approximate surface area is 110 Å². The van der Waals surface area contributed by atoms with E-state index in [0.29, 0.717) is 6.61 Å². The summed E-state index contributed by atoms with van der Waals surface area (Å²) in [6.45, 7) is 2.52. The normalized spacial score (nSPS) is 12.2. The first kappa shape index (κ1) is 13.4. The zero-order valence-electron chi connectivity index (χ0n) is 9.74. The number of carbonyl (C=O) groups is 1. The first-order valence-electron chi connectivity index (χ1n) is 5.08. The fourth-order valence-electron chi connectivity index (χ4n) is 1.38. The topological polar surface area (TPSA) is 29.5 Å². The van der Waals surface area contributed by atoms with Gasteiger partial charge in [-0.3, -0.25) is 4.79 Å². The zero-order chi connectivity index (χ0) is 12.1. The van der Waals surface area contributed by atoms with E-state index in [2.05, 4.69) is 22.6 Å². The summed E-state index contributed by atoms with van der Waals surface area (Å²) in [6, 6.07) is 7.66. The van der Waals surface area contributed by atoms with Crippen LogP contribution in [0.3, 0.4) is 0 Å². The van der Waals surface area contributed by atoms with E-state index in [0.717, 1.165) is 9.13 Å². The minimum Gasteiger partial charge on any atom is -0.383 e. The van der Waals surface area contributed by atoms with E-state index >= 15 is 0 Å². The molecule has 0 fully saturated rings. The molecular weight excluding hydrogens is 317 g/mol. The first-order valence-corrected chi connectivity index (χ1v) is 6.16. The highest BCUT2D eigenvalue weighted by atomic mass is 127. The van der Waals surface area contributed by atoms with Gasteiger partial charge in [-0.1, -0.05) is 12.1 Å². The van der Waals surface area contributed by atoms with Gasteiger partial charge in [-0.15, -0.1) is 0 Å². The van der Waals surface area contributed by atoms with Crippen LogP contribution in [0, 0.1) is 3.57 Å². The molecule has 16 heavy (non-hydrogen) atoms. The summed E-state index contributed by atoms with van der Waals surface area (Å²) < 4.78 is 6.02. The van der Waals surface area contributed by atoms with Crippen LogP contribution in [0.5, 0.6) is 0 Å². The molecule has 0 aliphatic heterocycles. The Morgan fingerprint density at radius 1 is 1.50 bits per heavy atom. The number of carbonyl (C=O) groups excluding carboxylic acids is 1. The molecule has 1 aromatic rings. The fraction of sp³-hybridized carbons (Fsp3) is 0.417. The third-order valence-corrected chi connectivity index (χ3v) is 3.43. The van der Waals surface area contributed by atoms with Crippen LogP contribution in [0.25, 0.3) is 0 Å². The lowest BCUT2D eigenvalue weighted by Crippen LogP contribution is -2.38. The summed E-state index contributed by atoms with van der Waals surface area (Å²) in [4.78, 5) is 13.9. The Morgan fingerprint density at radius 3 is 2.69 bits per heavy atom. The molecule has 0 heterocycles. The monoisotopic (exact) mass is 333 g/mol. The van der Waals surface area contributed by atoms with E-state index in [-0.39, 0.29) is 11.9 Å². The van der Waals surface area contributed by atoms with E-state index in [9.17, 15) is 4.79 Å². The number of benzene rings is 1. The number of hydrogen-bond acceptors (Lipinski definition) is 2. The van der Waals surface area contributed by atoms with Crippen LogP contribution in [-0.2, 0) is 4.74 Å². The molecule has 4 heteroatoms. The summed E-state index contributed by atoms with van der Waals surface area (Å²) in [5, 5.41) is 0. The van der Waals surface area contributed by atoms with Gasteiger partial charge in [-0.25, -0.2) is 0 Å². The predicted molar refractivity (Wildman–Crippen MR) is 72.6 cm³/mol. The van der Waals surface area contributed by atoms with E-state index < -0.39 is 0 Å². The van der Waals surface area contributed by atoms with Crippen molar-refractivity contribution >= 4 is 28.5 Å². The van der Waals surface area contributed by atoms with E-state index in [1.165, 1.54) is 0 Å². The molecule has 1 unspecified atom stereocenters. The van der Waals surface area contributed by atoms with Crippen molar-refractivity contribution in [2.45, 2.75) is 13.0 Å². The molecule has 1 atom stereocenters. The molecule has 0 saturated heterocycles. The van der Waals surface area contributed by atoms with Gasteiger partial charge in [0, 0.05) is 17.7 Å². The number of nitrogens with zero attached hydrogens (tertiary/aromatic N) is 1. The van der Waals surface area contributed by atoms with Crippen molar-refractivity contribution in [3.63, 3.8) is 0 Å². The summed E-state index contributed by atoms with van der Waals surface area (Å²) >= 11 is 2.17. The maximum atomic E-state index is 12.1. The lowest BCUT2D eigenvalue weighted by atomic mass is 10.2. The van der Waals surface area contributed by atoms with Crippen LogP contribution >= 0.6 is 22.6 Å². The quantitative estimate of drug-likeness (QED) is 0.792. The Hall–Kier alpha value is -0.620. The first-order chi connectivity index (χ1) is 7.57. The smallest absolute Gasteiger partial charge is 0.254 e. The van der Waals surface area contributed by atoms with Crippen LogP contribution in [0.4, 0.5) is 0 Å². The minimum absolute atomic E-state index is 0.0366. The lowest BCUT2D eigenvalue weighted by molar-refractivity contribution is 0.0632. The molecular formula is C12H16INO2. The largest absolute Gasteiger partial charge is 0.383 e. The average molecular weight is 333 g/mol. The van der Waals surface area contributed by atoms with Crippen LogP contribution in [0.15, 0.2) is 24.3 Å². The molecule has 0 bridgehead atoms. The van der Waals surface area contributed by atoms with Gasteiger partial charge in [-0.2, -0.15) is 0 Å². The molecule has 3 nitrogen and oxygen atoms in total. The SMILES string of the molecule is COCC(C)N(C)C(=O)c1ccccc1I. The fourth-order valence-corrected chi connectivity index (χ4v) is 2.00. The molecule has 0 aromatic heterocycles. The summed E-state index contributed by atoms with van der Waals surface area (Å²) in [5.74, 6) is 0.0366. The molecule has 0 radical (unpaired) electrons. The van der Waals surface area contributed by atoms with Crippen LogP contribution in [0.1, 0.15) is 17.3 Å². The van der Waals surface area contributed by atoms with Crippen molar-refractivity contribution in [2.75, 3.05) is 20.8 Å². The van der Waals surface area contributed by atoms with Crippen molar-refractivity contribution < 1.29 is 9.53 Å². The highest BCUT2D eigenvalue weighted by Crippen LogP contribution is 2.14. The summed E-state index contributed by atoms with van der Waals surface area (Å²) in [6.07, 6.45) is 0. The Morgan fingerprint density at radius 2 is 2.12 bits per heavy atom. The lowest BCUT2D eigenvalue weighted by Gasteiger charge is -2.24. The van der Waals surface area contributed by atoms with Gasteiger partial charge in [-0.05, 0) is 41.6 Å². The summed E-state index contributed by atoms with van der Waals surface area (Å²) in [7, 11) is 3.44. The van der Waals surface area contributed by atoms with Crippen molar-refractivity contribution in [1.82, 2.24) is 4.90 Å². The number of halogens is 1. The van der Waals surface area contributed by atoms with Gasteiger partial charge >= 0.3 is 0 Å². The maximum absolute atomic E-state index is 12.1. The highest BCUT2D eigenvalue weighted by Gasteiger charge is 2.18. The van der Waals surface area contributed by atoms with Gasteiger partial charge in [0.05, 0.1) is 18.2 Å². The Kier molecular flexibility index (Phi) is 5.21. The van der Waals surface area contributed by atoms with Gasteiger partial charge in [0.1, 0.15) is 0 Å². The standard InChI is InChI=1S/C12H16INO2/c1-9(8-16-3)14(2)12(15)10-6-4-5-7-11(10)13/h4-7,9H,8H2,1-3H3. The number of amides is 1. The number of hydrogen-bond donors (Lipinski definition) is 0. The van der Waals surface area contributed by atoms with Crippen molar-refractivity contribution in [1.29, 1.82) is 0 Å². The van der Waals surface area contributed by atoms with Gasteiger partial charge in [0.25, 0.3) is 5.91 Å². The van der Waals surface area contributed by atoms with Crippen LogP contribution in [-0.4, -0.2) is 37.6 Å². The van der Waals surface area contributed by atoms with Gasteiger partial charge in [0.2, 0.25) is 0 Å². The zero-order valence-corrected chi connectivity index (χ0v) is 11.9. The second-order valence-electron chi connectivity index (χ2n) is 3.70. The molecule has 1 aromatic carbocycles. The van der Waals surface area contributed by atoms with E-state index in [1.54, 1.807) is 19.1 Å². The van der Waals surface area contributed by atoms with Crippen molar-refractivity contribution in [3.8, 4) is 0 Å². The third-order valence-electron chi connectivity index (χ3n) is 2.49. The second-order valence-corrected chi connectivity index (χ2v) is 4.86. The summed E-state index contributed by atoms with van der Waals surface area (Å²) in [5.41, 5.74) is 0.744. The van der Waals surface area contributed by atoms with Gasteiger partial charge < -0.3 is 9.64 Å². The van der Waals surface area contributed by atoms with Crippen LogP contribution in [0.2, 0.25) is 0 Å². The molecule has 88 valence electrons. The number of ether oxygens (including phenoxy) is 1. The molecule has 0 N–H and O–H groups in total. The molecule has 0 aliphatic carbocycles. The van der Waals surface area contributed by atoms with Crippen molar-refractivity contribution in [2.24, 2.45) is 0 Å². The number of rotatable bonds is 4. The number of likely N-dealkylation sites (N-methyl/N-ethyl adjacent to an activating group) is 1. The average Bonchev–Trinajstić information content (AvgIpc) is 2.28.